The van der Waals surface area contributed by atoms with Gasteiger partial charge in [0.05, 0.1) is 0 Å². The van der Waals surface area contributed by atoms with Crippen molar-refractivity contribution in [2.75, 3.05) is 26.2 Å². The summed E-state index contributed by atoms with van der Waals surface area (Å²) in [6.45, 7) is 12.7. The van der Waals surface area contributed by atoms with Crippen LogP contribution in [0, 0.1) is 5.41 Å². The van der Waals surface area contributed by atoms with Crippen LogP contribution < -0.4 is 0 Å². The largest absolute Gasteiger partial charge is 0.301 e. The van der Waals surface area contributed by atoms with E-state index in [1.807, 2.05) is 0 Å². The van der Waals surface area contributed by atoms with Gasteiger partial charge in [-0.05, 0) is 51.6 Å². The molecule has 0 aromatic heterocycles. The van der Waals surface area contributed by atoms with Crippen molar-refractivity contribution in [1.29, 1.82) is 0 Å². The van der Waals surface area contributed by atoms with Crippen molar-refractivity contribution in [3.8, 4) is 0 Å². The van der Waals surface area contributed by atoms with E-state index in [-0.39, 0.29) is 12.8 Å². The number of hydrogen-bond acceptors (Lipinski definition) is 2. The van der Waals surface area contributed by atoms with Gasteiger partial charge in [-0.1, -0.05) is 13.8 Å². The van der Waals surface area contributed by atoms with E-state index in [9.17, 15) is 8.78 Å². The summed E-state index contributed by atoms with van der Waals surface area (Å²) in [5.41, 5.74) is 0.486. The average molecular weight is 302 g/mol. The van der Waals surface area contributed by atoms with Crippen LogP contribution in [-0.2, 0) is 0 Å². The van der Waals surface area contributed by atoms with Gasteiger partial charge < -0.3 is 9.80 Å². The number of nitrogens with zero attached hydrogens (tertiary/aromatic N) is 2. The van der Waals surface area contributed by atoms with Crippen molar-refractivity contribution in [3.05, 3.63) is 0 Å². The van der Waals surface area contributed by atoms with Gasteiger partial charge in [-0.2, -0.15) is 0 Å². The van der Waals surface area contributed by atoms with E-state index in [0.29, 0.717) is 30.6 Å². The van der Waals surface area contributed by atoms with Crippen LogP contribution >= 0.6 is 0 Å². The third-order valence-electron chi connectivity index (χ3n) is 5.61. The smallest absolute Gasteiger partial charge is 0.250 e. The van der Waals surface area contributed by atoms with Crippen molar-refractivity contribution in [2.24, 2.45) is 5.41 Å². The summed E-state index contributed by atoms with van der Waals surface area (Å²) in [5, 5.41) is 0. The number of likely N-dealkylation sites (tertiary alicyclic amines) is 2. The summed E-state index contributed by atoms with van der Waals surface area (Å²) in [5.74, 6) is -2.43. The molecule has 0 radical (unpaired) electrons. The lowest BCUT2D eigenvalue weighted by Crippen LogP contribution is -2.48. The Bertz CT molecular complexity index is 292. The quantitative estimate of drug-likeness (QED) is 0.774. The Kier molecular flexibility index (Phi) is 5.30. The van der Waals surface area contributed by atoms with Crippen LogP contribution in [0.1, 0.15) is 59.8 Å². The van der Waals surface area contributed by atoms with Gasteiger partial charge in [0, 0.05) is 38.0 Å². The molecule has 21 heavy (non-hydrogen) atoms. The van der Waals surface area contributed by atoms with Gasteiger partial charge >= 0.3 is 0 Å². The molecule has 0 bridgehead atoms. The first kappa shape index (κ1) is 17.1. The molecule has 2 heterocycles. The summed E-state index contributed by atoms with van der Waals surface area (Å²) in [7, 11) is 0. The molecular weight excluding hydrogens is 270 g/mol. The topological polar surface area (TPSA) is 6.48 Å². The van der Waals surface area contributed by atoms with Gasteiger partial charge in [-0.15, -0.1) is 0 Å². The molecule has 0 spiro atoms. The molecule has 0 aromatic rings. The fraction of sp³-hybridized carbons (Fsp3) is 1.00. The molecule has 2 atom stereocenters. The minimum Gasteiger partial charge on any atom is -0.301 e. The Labute approximate surface area is 128 Å². The summed E-state index contributed by atoms with van der Waals surface area (Å²) in [4.78, 5) is 4.84. The Morgan fingerprint density at radius 2 is 1.19 bits per heavy atom. The standard InChI is InChI=1S/C17H32F2N2/c1-14(20-9-5-16(3,4)6-10-20)13-15(2)21-11-7-17(18,19)8-12-21/h14-15H,5-13H2,1-4H3. The predicted molar refractivity (Wildman–Crippen MR) is 83.9 cm³/mol. The van der Waals surface area contributed by atoms with E-state index in [1.54, 1.807) is 0 Å². The number of rotatable bonds is 4. The van der Waals surface area contributed by atoms with Crippen molar-refractivity contribution in [2.45, 2.75) is 77.8 Å². The van der Waals surface area contributed by atoms with Crippen LogP contribution in [-0.4, -0.2) is 54.0 Å². The Morgan fingerprint density at radius 1 is 0.810 bits per heavy atom. The van der Waals surface area contributed by atoms with Gasteiger partial charge in [0.25, 0.3) is 5.92 Å². The Balaban J connectivity index is 1.76. The van der Waals surface area contributed by atoms with Gasteiger partial charge in [0.1, 0.15) is 0 Å². The highest BCUT2D eigenvalue weighted by molar-refractivity contribution is 4.85. The van der Waals surface area contributed by atoms with E-state index in [0.717, 1.165) is 6.42 Å². The average Bonchev–Trinajstić information content (AvgIpc) is 2.38. The molecule has 0 saturated carbocycles. The summed E-state index contributed by atoms with van der Waals surface area (Å²) in [6.07, 6.45) is 3.68. The molecule has 2 nitrogen and oxygen atoms in total. The second-order valence-electron chi connectivity index (χ2n) is 8.03. The zero-order valence-electron chi connectivity index (χ0n) is 14.2. The lowest BCUT2D eigenvalue weighted by atomic mass is 9.82. The molecule has 2 saturated heterocycles. The van der Waals surface area contributed by atoms with Gasteiger partial charge in [0.15, 0.2) is 0 Å². The van der Waals surface area contributed by atoms with E-state index in [2.05, 4.69) is 37.5 Å². The van der Waals surface area contributed by atoms with E-state index < -0.39 is 5.92 Å². The molecule has 2 unspecified atom stereocenters. The van der Waals surface area contributed by atoms with Crippen LogP contribution in [0.3, 0.4) is 0 Å². The van der Waals surface area contributed by atoms with Crippen LogP contribution in [0.4, 0.5) is 8.78 Å². The van der Waals surface area contributed by atoms with Crippen molar-refractivity contribution in [1.82, 2.24) is 9.80 Å². The minimum absolute atomic E-state index is 0.0314. The monoisotopic (exact) mass is 302 g/mol. The first-order valence-corrected chi connectivity index (χ1v) is 8.54. The fourth-order valence-electron chi connectivity index (χ4n) is 3.65. The molecule has 0 aromatic carbocycles. The normalized spacial score (nSPS) is 30.0. The molecule has 0 N–H and O–H groups in total. The SMILES string of the molecule is CC(CC(C)N1CCC(F)(F)CC1)N1CCC(C)(C)CC1. The Hall–Kier alpha value is -0.220. The minimum atomic E-state index is -2.43. The highest BCUT2D eigenvalue weighted by Gasteiger charge is 2.36. The maximum Gasteiger partial charge on any atom is 0.250 e. The molecular formula is C17H32F2N2. The number of halogens is 2. The third-order valence-corrected chi connectivity index (χ3v) is 5.61. The van der Waals surface area contributed by atoms with Gasteiger partial charge in [0.2, 0.25) is 0 Å². The fourth-order valence-corrected chi connectivity index (χ4v) is 3.65. The number of piperidine rings is 2. The van der Waals surface area contributed by atoms with E-state index in [1.165, 1.54) is 25.9 Å². The van der Waals surface area contributed by atoms with E-state index in [4.69, 9.17) is 0 Å². The lowest BCUT2D eigenvalue weighted by Gasteiger charge is -2.42. The van der Waals surface area contributed by atoms with Gasteiger partial charge in [-0.25, -0.2) is 8.78 Å². The first-order chi connectivity index (χ1) is 9.69. The summed E-state index contributed by atoms with van der Waals surface area (Å²) in [6, 6.07) is 0.963. The van der Waals surface area contributed by atoms with Crippen LogP contribution in [0.15, 0.2) is 0 Å². The van der Waals surface area contributed by atoms with Crippen LogP contribution in [0.25, 0.3) is 0 Å². The number of hydrogen-bond donors (Lipinski definition) is 0. The lowest BCUT2D eigenvalue weighted by molar-refractivity contribution is -0.0638. The van der Waals surface area contributed by atoms with Crippen molar-refractivity contribution >= 4 is 0 Å². The molecule has 4 heteroatoms. The molecule has 2 aliphatic heterocycles. The Morgan fingerprint density at radius 3 is 1.62 bits per heavy atom. The molecule has 2 aliphatic rings. The van der Waals surface area contributed by atoms with Crippen molar-refractivity contribution in [3.63, 3.8) is 0 Å². The number of alkyl halides is 2. The molecule has 0 amide bonds. The molecule has 2 fully saturated rings. The van der Waals surface area contributed by atoms with Gasteiger partial charge in [-0.3, -0.25) is 0 Å². The molecule has 124 valence electrons. The maximum atomic E-state index is 13.2. The second-order valence-corrected chi connectivity index (χ2v) is 8.03. The van der Waals surface area contributed by atoms with Crippen LogP contribution in [0.5, 0.6) is 0 Å². The van der Waals surface area contributed by atoms with Crippen molar-refractivity contribution < 1.29 is 8.78 Å². The highest BCUT2D eigenvalue weighted by Crippen LogP contribution is 2.32. The molecule has 0 aliphatic carbocycles. The maximum absolute atomic E-state index is 13.2. The third kappa shape index (κ3) is 4.88. The van der Waals surface area contributed by atoms with E-state index >= 15 is 0 Å². The molecule has 2 rings (SSSR count). The zero-order chi connectivity index (χ0) is 15.7. The predicted octanol–water partition coefficient (Wildman–Crippen LogP) is 4.01. The van der Waals surface area contributed by atoms with Crippen LogP contribution in [0.2, 0.25) is 0 Å². The highest BCUT2D eigenvalue weighted by atomic mass is 19.3. The summed E-state index contributed by atoms with van der Waals surface area (Å²) >= 11 is 0. The first-order valence-electron chi connectivity index (χ1n) is 8.54. The summed E-state index contributed by atoms with van der Waals surface area (Å²) < 4.78 is 26.5. The second kappa shape index (κ2) is 6.49. The zero-order valence-corrected chi connectivity index (χ0v) is 14.2.